The first-order valence-electron chi connectivity index (χ1n) is 9.33. The van der Waals surface area contributed by atoms with Gasteiger partial charge in [0.25, 0.3) is 0 Å². The highest BCUT2D eigenvalue weighted by Crippen LogP contribution is 2.43. The van der Waals surface area contributed by atoms with Crippen molar-refractivity contribution in [1.29, 1.82) is 0 Å². The molecule has 0 radical (unpaired) electrons. The van der Waals surface area contributed by atoms with Gasteiger partial charge in [-0.2, -0.15) is 0 Å². The van der Waals surface area contributed by atoms with Crippen LogP contribution in [0.1, 0.15) is 54.4 Å². The van der Waals surface area contributed by atoms with Gasteiger partial charge in [-0.3, -0.25) is 0 Å². The Bertz CT molecular complexity index is 573. The Morgan fingerprint density at radius 1 is 1.25 bits per heavy atom. The fourth-order valence-corrected chi connectivity index (χ4v) is 4.21. The molecule has 1 aliphatic rings. The summed E-state index contributed by atoms with van der Waals surface area (Å²) in [6, 6.07) is 0. The van der Waals surface area contributed by atoms with Gasteiger partial charge in [-0.05, 0) is 54.2 Å². The molecule has 0 aliphatic heterocycles. The molecule has 1 aliphatic carbocycles. The van der Waals surface area contributed by atoms with Crippen LogP contribution in [-0.4, -0.2) is 0 Å². The van der Waals surface area contributed by atoms with Crippen molar-refractivity contribution in [2.24, 2.45) is 23.2 Å². The van der Waals surface area contributed by atoms with Gasteiger partial charge in [0.15, 0.2) is 0 Å². The van der Waals surface area contributed by atoms with E-state index in [0.717, 1.165) is 24.0 Å². The van der Waals surface area contributed by atoms with E-state index < -0.39 is 0 Å². The third-order valence-electron chi connectivity index (χ3n) is 6.03. The Hall–Kier alpha value is -1.56. The second-order valence-electron chi connectivity index (χ2n) is 7.49. The molecule has 0 aromatic carbocycles. The van der Waals surface area contributed by atoms with Gasteiger partial charge in [0.2, 0.25) is 0 Å². The van der Waals surface area contributed by atoms with Crippen LogP contribution in [-0.2, 0) is 0 Å². The molecule has 0 aromatic rings. The van der Waals surface area contributed by atoms with Crippen LogP contribution in [0, 0.1) is 23.2 Å². The van der Waals surface area contributed by atoms with Gasteiger partial charge >= 0.3 is 0 Å². The smallest absolute Gasteiger partial charge is 0.0151 e. The summed E-state index contributed by atoms with van der Waals surface area (Å²) < 4.78 is 0. The fourth-order valence-electron chi connectivity index (χ4n) is 4.21. The number of hydrogen-bond donors (Lipinski definition) is 0. The van der Waals surface area contributed by atoms with Gasteiger partial charge < -0.3 is 0 Å². The van der Waals surface area contributed by atoms with Crippen LogP contribution in [0.4, 0.5) is 0 Å². The summed E-state index contributed by atoms with van der Waals surface area (Å²) in [4.78, 5) is 0. The van der Waals surface area contributed by atoms with Gasteiger partial charge in [-0.15, -0.1) is 0 Å². The van der Waals surface area contributed by atoms with Gasteiger partial charge in [-0.1, -0.05) is 90.3 Å². The predicted octanol–water partition coefficient (Wildman–Crippen LogP) is 7.44. The van der Waals surface area contributed by atoms with E-state index in [0.29, 0.717) is 17.8 Å². The molecule has 0 heteroatoms. The van der Waals surface area contributed by atoms with Crippen molar-refractivity contribution in [3.8, 4) is 0 Å². The molecular formula is C24H36. The lowest BCUT2D eigenvalue weighted by molar-refractivity contribution is 0.370. The summed E-state index contributed by atoms with van der Waals surface area (Å²) in [5.41, 5.74) is 4.95. The van der Waals surface area contributed by atoms with Crippen LogP contribution >= 0.6 is 0 Å². The monoisotopic (exact) mass is 324 g/mol. The maximum atomic E-state index is 4.40. The lowest BCUT2D eigenvalue weighted by atomic mass is 9.69. The standard InChI is InChI=1S/C24H36/c1-10-19(7)24(11-2,12-3)20(8)16-18(6)23-15-13-14-22(17(4)5)21(23)9/h10,13-17,21-22H,1,6-7,11-12H2,2-5,8-9H3. The average Bonchev–Trinajstić information content (AvgIpc) is 2.55. The maximum Gasteiger partial charge on any atom is 0.0151 e. The van der Waals surface area contributed by atoms with E-state index in [1.165, 1.54) is 11.1 Å². The molecule has 2 atom stereocenters. The molecule has 24 heavy (non-hydrogen) atoms. The van der Waals surface area contributed by atoms with E-state index >= 15 is 0 Å². The summed E-state index contributed by atoms with van der Waals surface area (Å²) in [5.74, 6) is 1.73. The highest BCUT2D eigenvalue weighted by Gasteiger charge is 2.31. The van der Waals surface area contributed by atoms with Crippen molar-refractivity contribution in [3.05, 3.63) is 72.4 Å². The molecule has 1 rings (SSSR count). The van der Waals surface area contributed by atoms with Gasteiger partial charge in [-0.25, -0.2) is 0 Å². The predicted molar refractivity (Wildman–Crippen MR) is 110 cm³/mol. The third kappa shape index (κ3) is 3.91. The third-order valence-corrected chi connectivity index (χ3v) is 6.03. The lowest BCUT2D eigenvalue weighted by Gasteiger charge is -2.35. The number of hydrogen-bond acceptors (Lipinski definition) is 0. The summed E-state index contributed by atoms with van der Waals surface area (Å²) in [7, 11) is 0. The summed E-state index contributed by atoms with van der Waals surface area (Å²) in [6.45, 7) is 26.2. The molecule has 0 saturated carbocycles. The number of rotatable bonds is 8. The SMILES string of the molecule is C=CC(=C)C(CC)(CC)C(C)=CC(=C)C1=CC=CC(C(C)C)C1C. The highest BCUT2D eigenvalue weighted by molar-refractivity contribution is 5.47. The minimum Gasteiger partial charge on any atom is -0.0988 e. The zero-order valence-corrected chi connectivity index (χ0v) is 16.7. The van der Waals surface area contributed by atoms with Crippen molar-refractivity contribution >= 4 is 0 Å². The Labute approximate surface area is 150 Å². The highest BCUT2D eigenvalue weighted by atomic mass is 14.3. The van der Waals surface area contributed by atoms with E-state index in [-0.39, 0.29) is 5.41 Å². The molecule has 0 amide bonds. The van der Waals surface area contributed by atoms with Crippen molar-refractivity contribution in [3.63, 3.8) is 0 Å². The van der Waals surface area contributed by atoms with Crippen LogP contribution in [0.15, 0.2) is 72.4 Å². The lowest BCUT2D eigenvalue weighted by Crippen LogP contribution is -2.23. The summed E-state index contributed by atoms with van der Waals surface area (Å²) >= 11 is 0. The molecule has 0 fully saturated rings. The van der Waals surface area contributed by atoms with Crippen LogP contribution < -0.4 is 0 Å². The quantitative estimate of drug-likeness (QED) is 0.407. The Balaban J connectivity index is 3.17. The molecular weight excluding hydrogens is 288 g/mol. The van der Waals surface area contributed by atoms with Crippen molar-refractivity contribution in [1.82, 2.24) is 0 Å². The van der Waals surface area contributed by atoms with Crippen molar-refractivity contribution in [2.45, 2.75) is 54.4 Å². The largest absolute Gasteiger partial charge is 0.0988 e. The molecule has 0 spiro atoms. The van der Waals surface area contributed by atoms with Crippen LogP contribution in [0.2, 0.25) is 0 Å². The van der Waals surface area contributed by atoms with E-state index in [1.807, 2.05) is 6.08 Å². The summed E-state index contributed by atoms with van der Waals surface area (Å²) in [5, 5.41) is 0. The first kappa shape index (κ1) is 20.5. The Morgan fingerprint density at radius 2 is 1.83 bits per heavy atom. The Morgan fingerprint density at radius 3 is 2.29 bits per heavy atom. The topological polar surface area (TPSA) is 0 Å². The van der Waals surface area contributed by atoms with Crippen molar-refractivity contribution in [2.75, 3.05) is 0 Å². The molecule has 0 bridgehead atoms. The van der Waals surface area contributed by atoms with Crippen molar-refractivity contribution < 1.29 is 0 Å². The van der Waals surface area contributed by atoms with E-state index in [4.69, 9.17) is 0 Å². The molecule has 2 unspecified atom stereocenters. The Kier molecular flexibility index (Phi) is 7.27. The second-order valence-corrected chi connectivity index (χ2v) is 7.49. The van der Waals surface area contributed by atoms with E-state index in [2.05, 4.69) is 85.6 Å². The molecule has 0 nitrogen and oxygen atoms in total. The zero-order valence-electron chi connectivity index (χ0n) is 16.7. The first-order valence-corrected chi connectivity index (χ1v) is 9.33. The summed E-state index contributed by atoms with van der Waals surface area (Å²) in [6.07, 6.45) is 13.0. The zero-order chi connectivity index (χ0) is 18.5. The number of allylic oxidation sites excluding steroid dienone is 9. The molecule has 0 heterocycles. The van der Waals surface area contributed by atoms with Gasteiger partial charge in [0.1, 0.15) is 0 Å². The molecule has 0 N–H and O–H groups in total. The van der Waals surface area contributed by atoms with Gasteiger partial charge in [0, 0.05) is 5.41 Å². The molecule has 0 aromatic heterocycles. The maximum absolute atomic E-state index is 4.40. The average molecular weight is 325 g/mol. The van der Waals surface area contributed by atoms with Gasteiger partial charge in [0.05, 0.1) is 0 Å². The minimum atomic E-state index is -0.00353. The van der Waals surface area contributed by atoms with E-state index in [9.17, 15) is 0 Å². The minimum absolute atomic E-state index is 0.00353. The second kappa shape index (κ2) is 8.51. The van der Waals surface area contributed by atoms with Crippen LogP contribution in [0.5, 0.6) is 0 Å². The van der Waals surface area contributed by atoms with Crippen LogP contribution in [0.25, 0.3) is 0 Å². The fraction of sp³-hybridized carbons (Fsp3) is 0.500. The molecule has 0 saturated heterocycles. The normalized spacial score (nSPS) is 21.6. The van der Waals surface area contributed by atoms with Crippen LogP contribution in [0.3, 0.4) is 0 Å². The molecule has 132 valence electrons. The first-order chi connectivity index (χ1) is 11.2. The van der Waals surface area contributed by atoms with E-state index in [1.54, 1.807) is 0 Å².